The molecule has 0 bridgehead atoms. The number of rotatable bonds is 15. The lowest BCUT2D eigenvalue weighted by atomic mass is 9.92. The van der Waals surface area contributed by atoms with E-state index in [1.165, 1.54) is 12.1 Å². The molecule has 19 heteroatoms. The van der Waals surface area contributed by atoms with Crippen molar-refractivity contribution in [2.24, 2.45) is 0 Å². The summed E-state index contributed by atoms with van der Waals surface area (Å²) in [7, 11) is 0. The minimum atomic E-state index is -4.99. The predicted octanol–water partition coefficient (Wildman–Crippen LogP) is 23.1. The minimum Gasteiger partial charge on any atom is -0.307 e. The van der Waals surface area contributed by atoms with Crippen molar-refractivity contribution in [1.29, 1.82) is 10.5 Å². The predicted molar refractivity (Wildman–Crippen MR) is 454 cm³/mol. The van der Waals surface area contributed by atoms with Gasteiger partial charge < -0.3 is 9.13 Å². The number of hydrogen-bond acceptors (Lipinski definition) is 14. The molecule has 20 rings (SSSR count). The zero-order valence-electron chi connectivity index (χ0n) is 62.2. The summed E-state index contributed by atoms with van der Waals surface area (Å²) in [6.07, 6.45) is -4.99. The summed E-state index contributed by atoms with van der Waals surface area (Å²) in [5, 5.41) is 24.7. The second-order valence-electron chi connectivity index (χ2n) is 28.1. The van der Waals surface area contributed by atoms with Gasteiger partial charge in [-0.15, -0.1) is 0 Å². The van der Waals surface area contributed by atoms with E-state index in [1.54, 1.807) is 12.1 Å². The molecule has 14 aromatic carbocycles. The van der Waals surface area contributed by atoms with Crippen molar-refractivity contribution in [3.8, 4) is 171 Å². The molecule has 0 radical (unpaired) electrons. The molecular formula is C99H57F3N16. The Morgan fingerprint density at radius 2 is 0.449 bits per heavy atom. The highest BCUT2D eigenvalue weighted by atomic mass is 19.4. The van der Waals surface area contributed by atoms with Gasteiger partial charge in [0.15, 0.2) is 69.9 Å². The molecule has 20 aromatic rings. The van der Waals surface area contributed by atoms with Gasteiger partial charge >= 0.3 is 6.18 Å². The highest BCUT2D eigenvalue weighted by Crippen LogP contribution is 2.47. The Hall–Kier alpha value is -16.5. The third kappa shape index (κ3) is 13.2. The first-order chi connectivity index (χ1) is 58.0. The maximum atomic E-state index is 16.1. The van der Waals surface area contributed by atoms with Crippen molar-refractivity contribution in [2.75, 3.05) is 0 Å². The van der Waals surface area contributed by atoms with E-state index >= 15 is 13.2 Å². The van der Waals surface area contributed by atoms with E-state index in [0.29, 0.717) is 147 Å². The third-order valence-electron chi connectivity index (χ3n) is 20.8. The molecule has 0 aliphatic rings. The standard InChI is InChI=1S/C99H57F3N16/c100-99(101,102)80-51-60(58-103)41-46-74(80)75-57-86(118-83-49-44-71(97-113-91(65-33-17-5-18-34-65)107-92(114-97)66-35-19-6-20-36-66)54-78(83)79-55-72(45-50-84(79)118)98-115-93(67-37-21-7-22-38-67)108-94(116-98)68-39-23-8-24-40-68)85(56-73(75)59-104)117-81-47-42-69(95-109-87(61-25-9-1-10-26-61)105-88(110-95)62-27-11-2-12-28-62)52-76(81)77-53-70(43-48-82(77)117)96-111-89(63-29-13-3-14-30-63)106-90(112-96)64-31-15-4-16-32-64/h1-57H. The quantitative estimate of drug-likeness (QED) is 0.0934. The van der Waals surface area contributed by atoms with Gasteiger partial charge in [0.1, 0.15) is 0 Å². The summed E-state index contributed by atoms with van der Waals surface area (Å²) in [6, 6.07) is 112. The van der Waals surface area contributed by atoms with Gasteiger partial charge in [-0.25, -0.2) is 59.8 Å². The first kappa shape index (κ1) is 70.6. The van der Waals surface area contributed by atoms with Crippen molar-refractivity contribution >= 4 is 43.6 Å². The van der Waals surface area contributed by atoms with Crippen LogP contribution in [0.5, 0.6) is 0 Å². The number of fused-ring (bicyclic) bond motifs is 6. The average Bonchev–Trinajstić information content (AvgIpc) is 1.56. The lowest BCUT2D eigenvalue weighted by Gasteiger charge is -2.21. The second kappa shape index (κ2) is 29.5. The van der Waals surface area contributed by atoms with Crippen molar-refractivity contribution in [3.05, 3.63) is 362 Å². The first-order valence-electron chi connectivity index (χ1n) is 37.9. The minimum absolute atomic E-state index is 0.0534. The molecular weight excluding hydrogens is 1470 g/mol. The Kier molecular flexibility index (Phi) is 17.7. The van der Waals surface area contributed by atoms with Crippen LogP contribution in [0.1, 0.15) is 16.7 Å². The van der Waals surface area contributed by atoms with E-state index in [1.807, 2.05) is 331 Å². The fraction of sp³-hybridized carbons (Fsp3) is 0.0101. The SMILES string of the molecule is N#Cc1ccc(-c2cc(-n3c4ccc(-c5nc(-c6ccccc6)nc(-c6ccccc6)n5)cc4c4cc(-c5nc(-c6ccccc6)nc(-c6ccccc6)n5)ccc43)c(-n3c4ccc(-c5nc(-c6ccccc6)nc(-c6ccccc6)n5)cc4c4cc(-c5nc(-c6ccccc6)nc(-c6ccccc6)n5)ccc43)cc2C#N)c(C(F)(F)F)c1. The Labute approximate surface area is 672 Å². The summed E-state index contributed by atoms with van der Waals surface area (Å²) in [5.41, 5.74) is 10.0. The highest BCUT2D eigenvalue weighted by Gasteiger charge is 2.36. The Morgan fingerprint density at radius 1 is 0.220 bits per heavy atom. The molecule has 0 unspecified atom stereocenters. The number of benzene rings is 14. The van der Waals surface area contributed by atoms with Gasteiger partial charge in [-0.2, -0.15) is 23.7 Å². The molecule has 6 aromatic heterocycles. The largest absolute Gasteiger partial charge is 0.417 e. The van der Waals surface area contributed by atoms with E-state index in [9.17, 15) is 10.5 Å². The number of alkyl halides is 3. The fourth-order valence-electron chi connectivity index (χ4n) is 15.2. The van der Waals surface area contributed by atoms with Gasteiger partial charge in [0.25, 0.3) is 0 Å². The van der Waals surface area contributed by atoms with Crippen LogP contribution in [0.15, 0.2) is 346 Å². The lowest BCUT2D eigenvalue weighted by Crippen LogP contribution is -2.10. The molecule has 554 valence electrons. The van der Waals surface area contributed by atoms with E-state index < -0.39 is 11.7 Å². The summed E-state index contributed by atoms with van der Waals surface area (Å²) in [6.45, 7) is 0. The molecule has 0 saturated carbocycles. The van der Waals surface area contributed by atoms with Gasteiger partial charge in [-0.1, -0.05) is 249 Å². The van der Waals surface area contributed by atoms with E-state index in [4.69, 9.17) is 59.8 Å². The monoisotopic (exact) mass is 1530 g/mol. The van der Waals surface area contributed by atoms with Gasteiger partial charge in [0, 0.05) is 93.9 Å². The molecule has 0 aliphatic carbocycles. The number of hydrogen-bond donors (Lipinski definition) is 0. The number of nitrogens with zero attached hydrogens (tertiary/aromatic N) is 16. The van der Waals surface area contributed by atoms with Crippen LogP contribution in [-0.4, -0.2) is 68.9 Å². The number of halogens is 3. The molecule has 0 N–H and O–H groups in total. The average molecular weight is 1530 g/mol. The highest BCUT2D eigenvalue weighted by molar-refractivity contribution is 6.14. The van der Waals surface area contributed by atoms with Crippen LogP contribution in [0.25, 0.3) is 203 Å². The van der Waals surface area contributed by atoms with E-state index in [0.717, 1.165) is 50.6 Å². The zero-order valence-corrected chi connectivity index (χ0v) is 62.2. The Morgan fingerprint density at radius 3 is 0.669 bits per heavy atom. The molecule has 0 aliphatic heterocycles. The molecule has 0 spiro atoms. The van der Waals surface area contributed by atoms with Crippen molar-refractivity contribution < 1.29 is 13.2 Å². The van der Waals surface area contributed by atoms with Crippen molar-refractivity contribution in [2.45, 2.75) is 6.18 Å². The summed E-state index contributed by atoms with van der Waals surface area (Å²) in [5.74, 6) is 5.06. The van der Waals surface area contributed by atoms with E-state index in [2.05, 4.69) is 6.07 Å². The molecule has 16 nitrogen and oxygen atoms in total. The molecule has 0 saturated heterocycles. The van der Waals surface area contributed by atoms with Gasteiger partial charge in [0.2, 0.25) is 0 Å². The Bertz CT molecular complexity index is 6810. The maximum Gasteiger partial charge on any atom is 0.417 e. The van der Waals surface area contributed by atoms with Crippen molar-refractivity contribution in [3.63, 3.8) is 0 Å². The van der Waals surface area contributed by atoms with Crippen LogP contribution in [0, 0.1) is 22.7 Å². The molecule has 118 heavy (non-hydrogen) atoms. The van der Waals surface area contributed by atoms with Gasteiger partial charge in [-0.05, 0) is 103 Å². The molecule has 6 heterocycles. The van der Waals surface area contributed by atoms with Crippen LogP contribution in [0.4, 0.5) is 13.2 Å². The van der Waals surface area contributed by atoms with Gasteiger partial charge in [0.05, 0.1) is 62.3 Å². The lowest BCUT2D eigenvalue weighted by molar-refractivity contribution is -0.137. The second-order valence-corrected chi connectivity index (χ2v) is 28.1. The topological polar surface area (TPSA) is 212 Å². The van der Waals surface area contributed by atoms with Crippen molar-refractivity contribution in [1.82, 2.24) is 68.9 Å². The summed E-state index contributed by atoms with van der Waals surface area (Å²) in [4.78, 5) is 61.8. The number of nitriles is 2. The maximum absolute atomic E-state index is 16.1. The number of aromatic nitrogens is 14. The molecule has 0 amide bonds. The smallest absolute Gasteiger partial charge is 0.307 e. The van der Waals surface area contributed by atoms with Crippen LogP contribution in [0.3, 0.4) is 0 Å². The fourth-order valence-corrected chi connectivity index (χ4v) is 15.2. The molecule has 0 fully saturated rings. The summed E-state index contributed by atoms with van der Waals surface area (Å²) >= 11 is 0. The summed E-state index contributed by atoms with van der Waals surface area (Å²) < 4.78 is 52.2. The normalized spacial score (nSPS) is 11.5. The van der Waals surface area contributed by atoms with Gasteiger partial charge in [-0.3, -0.25) is 0 Å². The zero-order chi connectivity index (χ0) is 79.4. The van der Waals surface area contributed by atoms with Crippen LogP contribution >= 0.6 is 0 Å². The van der Waals surface area contributed by atoms with Crippen LogP contribution in [-0.2, 0) is 6.18 Å². The third-order valence-corrected chi connectivity index (χ3v) is 20.8. The van der Waals surface area contributed by atoms with E-state index in [-0.39, 0.29) is 22.3 Å². The van der Waals surface area contributed by atoms with Crippen LogP contribution in [0.2, 0.25) is 0 Å². The molecule has 0 atom stereocenters. The first-order valence-corrected chi connectivity index (χ1v) is 37.9. The van der Waals surface area contributed by atoms with Crippen LogP contribution < -0.4 is 0 Å². The Balaban J connectivity index is 0.891.